The predicted molar refractivity (Wildman–Crippen MR) is 134 cm³/mol. The quantitative estimate of drug-likeness (QED) is 0.516. The van der Waals surface area contributed by atoms with Crippen molar-refractivity contribution in [1.29, 1.82) is 0 Å². The number of anilines is 2. The van der Waals surface area contributed by atoms with Gasteiger partial charge in [-0.15, -0.1) is 0 Å². The number of hydrogen-bond acceptors (Lipinski definition) is 8. The van der Waals surface area contributed by atoms with Gasteiger partial charge in [0.2, 0.25) is 0 Å². The molecule has 0 saturated carbocycles. The van der Waals surface area contributed by atoms with E-state index >= 15 is 0 Å². The lowest BCUT2D eigenvalue weighted by Crippen LogP contribution is -2.48. The zero-order valence-electron chi connectivity index (χ0n) is 20.0. The summed E-state index contributed by atoms with van der Waals surface area (Å²) in [7, 11) is 4.97. The van der Waals surface area contributed by atoms with E-state index in [0.29, 0.717) is 23.1 Å². The zero-order valence-corrected chi connectivity index (χ0v) is 20.8. The molecule has 9 heteroatoms. The molecule has 0 bridgehead atoms. The number of aromatic nitrogens is 1. The number of hydrogen-bond donors (Lipinski definition) is 1. The first-order valence-corrected chi connectivity index (χ1v) is 11.9. The van der Waals surface area contributed by atoms with Crippen molar-refractivity contribution in [3.05, 3.63) is 58.6 Å². The summed E-state index contributed by atoms with van der Waals surface area (Å²) in [6, 6.07) is 13.5. The van der Waals surface area contributed by atoms with E-state index < -0.39 is 0 Å². The summed E-state index contributed by atoms with van der Waals surface area (Å²) in [6.07, 6.45) is 0. The fourth-order valence-corrected chi connectivity index (χ4v) is 4.96. The number of carbonyl (C=O) groups excluding carboxylic acids is 1. The van der Waals surface area contributed by atoms with Crippen LogP contribution < -0.4 is 19.5 Å². The van der Waals surface area contributed by atoms with Gasteiger partial charge in [0.1, 0.15) is 22.1 Å². The molecule has 1 fully saturated rings. The van der Waals surface area contributed by atoms with Crippen LogP contribution in [0.3, 0.4) is 0 Å². The maximum Gasteiger partial charge on any atom is 0.266 e. The molecule has 0 spiro atoms. The molecule has 1 aromatic heterocycles. The second-order valence-corrected chi connectivity index (χ2v) is 9.00. The highest BCUT2D eigenvalue weighted by molar-refractivity contribution is 7.17. The summed E-state index contributed by atoms with van der Waals surface area (Å²) in [5.74, 6) is 2.41. The van der Waals surface area contributed by atoms with Gasteiger partial charge in [-0.25, -0.2) is 4.98 Å². The van der Waals surface area contributed by atoms with E-state index in [-0.39, 0.29) is 5.91 Å². The molecule has 2 aromatic carbocycles. The molecule has 1 amide bonds. The number of thiazole rings is 1. The van der Waals surface area contributed by atoms with E-state index in [1.165, 1.54) is 11.3 Å². The van der Waals surface area contributed by atoms with Gasteiger partial charge in [0.05, 0.1) is 32.7 Å². The Morgan fingerprint density at radius 3 is 2.44 bits per heavy atom. The van der Waals surface area contributed by atoms with Crippen LogP contribution in [0.4, 0.5) is 10.8 Å². The Bertz CT molecular complexity index is 1140. The lowest BCUT2D eigenvalue weighted by atomic mass is 10.1. The number of aryl methyl sites for hydroxylation is 1. The summed E-state index contributed by atoms with van der Waals surface area (Å²) in [4.78, 5) is 22.7. The first-order chi connectivity index (χ1) is 16.5. The van der Waals surface area contributed by atoms with Crippen molar-refractivity contribution < 1.29 is 19.0 Å². The van der Waals surface area contributed by atoms with Gasteiger partial charge in [0.15, 0.2) is 5.13 Å². The minimum absolute atomic E-state index is 0.0293. The maximum atomic E-state index is 13.2. The highest BCUT2D eigenvalue weighted by atomic mass is 32.1. The molecule has 0 radical (unpaired) electrons. The molecule has 180 valence electrons. The number of nitrogens with zero attached hydrogens (tertiary/aromatic N) is 3. The van der Waals surface area contributed by atoms with Crippen LogP contribution >= 0.6 is 11.3 Å². The van der Waals surface area contributed by atoms with E-state index in [4.69, 9.17) is 14.2 Å². The minimum Gasteiger partial charge on any atom is -0.497 e. The topological polar surface area (TPSA) is 76.2 Å². The third-order valence-electron chi connectivity index (χ3n) is 5.88. The molecule has 1 N–H and O–H groups in total. The largest absolute Gasteiger partial charge is 0.497 e. The Morgan fingerprint density at radius 2 is 1.74 bits per heavy atom. The van der Waals surface area contributed by atoms with Crippen molar-refractivity contribution in [3.8, 4) is 17.2 Å². The van der Waals surface area contributed by atoms with Crippen LogP contribution in [0.25, 0.3) is 0 Å². The molecule has 1 saturated heterocycles. The van der Waals surface area contributed by atoms with Crippen molar-refractivity contribution in [2.24, 2.45) is 0 Å². The lowest BCUT2D eigenvalue weighted by Gasteiger charge is -2.34. The van der Waals surface area contributed by atoms with Crippen molar-refractivity contribution >= 4 is 28.1 Å². The van der Waals surface area contributed by atoms with Crippen molar-refractivity contribution in [2.45, 2.75) is 13.5 Å². The smallest absolute Gasteiger partial charge is 0.266 e. The molecule has 0 atom stereocenters. The summed E-state index contributed by atoms with van der Waals surface area (Å²) >= 11 is 1.37. The number of piperazine rings is 1. The summed E-state index contributed by atoms with van der Waals surface area (Å²) in [5.41, 5.74) is 2.63. The normalized spacial score (nSPS) is 14.1. The first-order valence-electron chi connectivity index (χ1n) is 11.1. The van der Waals surface area contributed by atoms with E-state index in [9.17, 15) is 4.79 Å². The van der Waals surface area contributed by atoms with E-state index in [2.05, 4.69) is 15.2 Å². The van der Waals surface area contributed by atoms with Crippen molar-refractivity contribution in [3.63, 3.8) is 0 Å². The van der Waals surface area contributed by atoms with Gasteiger partial charge in [-0.3, -0.25) is 9.69 Å². The Hall–Kier alpha value is -3.30. The molecule has 1 aliphatic heterocycles. The number of para-hydroxylation sites is 2. The van der Waals surface area contributed by atoms with Crippen LogP contribution in [0, 0.1) is 6.92 Å². The number of ether oxygens (including phenoxy) is 3. The zero-order chi connectivity index (χ0) is 24.1. The average molecular weight is 483 g/mol. The highest BCUT2D eigenvalue weighted by Crippen LogP contribution is 2.31. The fourth-order valence-electron chi connectivity index (χ4n) is 4.01. The number of rotatable bonds is 8. The molecule has 8 nitrogen and oxygen atoms in total. The van der Waals surface area contributed by atoms with Gasteiger partial charge in [0, 0.05) is 38.3 Å². The lowest BCUT2D eigenvalue weighted by molar-refractivity contribution is 0.0631. The van der Waals surface area contributed by atoms with Crippen LogP contribution in [0.2, 0.25) is 0 Å². The number of methoxy groups -OCH3 is 3. The van der Waals surface area contributed by atoms with Gasteiger partial charge < -0.3 is 24.4 Å². The molecule has 2 heterocycles. The Kier molecular flexibility index (Phi) is 7.54. The van der Waals surface area contributed by atoms with Gasteiger partial charge in [-0.2, -0.15) is 0 Å². The average Bonchev–Trinajstić information content (AvgIpc) is 3.24. The minimum atomic E-state index is 0.0293. The van der Waals surface area contributed by atoms with Crippen LogP contribution in [-0.2, 0) is 6.54 Å². The third-order valence-corrected chi connectivity index (χ3v) is 6.94. The molecule has 0 aliphatic carbocycles. The molecular formula is C25H30N4O4S. The summed E-state index contributed by atoms with van der Waals surface area (Å²) < 4.78 is 16.3. The summed E-state index contributed by atoms with van der Waals surface area (Å²) in [5, 5.41) is 3.95. The highest BCUT2D eigenvalue weighted by Gasteiger charge is 2.26. The van der Waals surface area contributed by atoms with E-state index in [1.54, 1.807) is 21.3 Å². The SMILES string of the molecule is COc1ccc(OC)c(CN2CCN(C(=O)c3sc(Nc4ccccc4OC)nc3C)CC2)c1. The van der Waals surface area contributed by atoms with Crippen LogP contribution in [0.15, 0.2) is 42.5 Å². The number of benzene rings is 2. The Balaban J connectivity index is 1.38. The number of carbonyl (C=O) groups is 1. The van der Waals surface area contributed by atoms with E-state index in [0.717, 1.165) is 53.8 Å². The van der Waals surface area contributed by atoms with Gasteiger partial charge in [-0.1, -0.05) is 23.5 Å². The molecule has 1 aliphatic rings. The fraction of sp³-hybridized carbons (Fsp3) is 0.360. The number of nitrogens with one attached hydrogen (secondary N) is 1. The third kappa shape index (κ3) is 5.26. The molecule has 3 aromatic rings. The standard InChI is InChI=1S/C25H30N4O4S/c1-17-23(34-25(26-17)27-20-7-5-6-8-22(20)33-4)24(30)29-13-11-28(12-14-29)16-18-15-19(31-2)9-10-21(18)32-3/h5-10,15H,11-14,16H2,1-4H3,(H,26,27). The van der Waals surface area contributed by atoms with Crippen molar-refractivity contribution in [2.75, 3.05) is 52.8 Å². The molecular weight excluding hydrogens is 452 g/mol. The van der Waals surface area contributed by atoms with Crippen molar-refractivity contribution in [1.82, 2.24) is 14.8 Å². The second kappa shape index (κ2) is 10.8. The van der Waals surface area contributed by atoms with Crippen LogP contribution in [-0.4, -0.2) is 68.2 Å². The summed E-state index contributed by atoms with van der Waals surface area (Å²) in [6.45, 7) is 5.53. The van der Waals surface area contributed by atoms with Gasteiger partial charge in [0.25, 0.3) is 5.91 Å². The predicted octanol–water partition coefficient (Wildman–Crippen LogP) is 4.18. The monoisotopic (exact) mass is 482 g/mol. The molecule has 0 unspecified atom stereocenters. The first kappa shape index (κ1) is 23.8. The van der Waals surface area contributed by atoms with Gasteiger partial charge >= 0.3 is 0 Å². The second-order valence-electron chi connectivity index (χ2n) is 8.00. The number of amides is 1. The maximum absolute atomic E-state index is 13.2. The Morgan fingerprint density at radius 1 is 1.00 bits per heavy atom. The van der Waals surface area contributed by atoms with Gasteiger partial charge in [-0.05, 0) is 37.3 Å². The van der Waals surface area contributed by atoms with E-state index in [1.807, 2.05) is 54.3 Å². The van der Waals surface area contributed by atoms with Crippen LogP contribution in [0.5, 0.6) is 17.2 Å². The van der Waals surface area contributed by atoms with Crippen LogP contribution in [0.1, 0.15) is 20.9 Å². The molecule has 34 heavy (non-hydrogen) atoms. The Labute approximate surface area is 204 Å². The molecule has 4 rings (SSSR count).